The molecular weight excluding hydrogens is 308 g/mol. The number of benzene rings is 1. The number of hydrogen-bond acceptors (Lipinski definition) is 5. The monoisotopic (exact) mass is 336 g/mol. The highest BCUT2D eigenvalue weighted by Crippen LogP contribution is 2.33. The van der Waals surface area contributed by atoms with E-state index in [1.54, 1.807) is 7.11 Å². The van der Waals surface area contributed by atoms with Crippen LogP contribution in [0.4, 0.5) is 0 Å². The highest BCUT2D eigenvalue weighted by atomic mass is 16.7. The van der Waals surface area contributed by atoms with Crippen LogP contribution in [-0.4, -0.2) is 43.2 Å². The first-order chi connectivity index (χ1) is 11.7. The fourth-order valence-electron chi connectivity index (χ4n) is 3.46. The number of ether oxygens (including phenoxy) is 4. The Morgan fingerprint density at radius 1 is 1.08 bits per heavy atom. The lowest BCUT2D eigenvalue weighted by molar-refractivity contribution is -0.277. The third kappa shape index (κ3) is 4.09. The van der Waals surface area contributed by atoms with Crippen LogP contribution in [0.5, 0.6) is 5.75 Å². The largest absolute Gasteiger partial charge is 0.497 e. The number of aliphatic hydroxyl groups excluding tert-OH is 1. The van der Waals surface area contributed by atoms with E-state index in [4.69, 9.17) is 18.9 Å². The Bertz CT molecular complexity index is 503. The second-order valence-corrected chi connectivity index (χ2v) is 6.59. The molecule has 2 aliphatic heterocycles. The maximum Gasteiger partial charge on any atom is 0.184 e. The Kier molecular flexibility index (Phi) is 6.11. The molecule has 0 amide bonds. The average Bonchev–Trinajstić information content (AvgIpc) is 2.70. The van der Waals surface area contributed by atoms with Gasteiger partial charge in [-0.1, -0.05) is 31.9 Å². The Balaban J connectivity index is 1.68. The first-order valence-corrected chi connectivity index (χ1v) is 8.95. The number of hydrogen-bond donors (Lipinski definition) is 1. The van der Waals surface area contributed by atoms with Crippen LogP contribution in [0.3, 0.4) is 0 Å². The summed E-state index contributed by atoms with van der Waals surface area (Å²) in [4.78, 5) is 0. The molecule has 1 aromatic carbocycles. The molecule has 0 saturated carbocycles. The highest BCUT2D eigenvalue weighted by Gasteiger charge is 2.36. The average molecular weight is 336 g/mol. The molecule has 2 aliphatic rings. The van der Waals surface area contributed by atoms with Crippen molar-refractivity contribution in [1.82, 2.24) is 0 Å². The lowest BCUT2D eigenvalue weighted by Crippen LogP contribution is -2.45. The first-order valence-electron chi connectivity index (χ1n) is 8.95. The maximum atomic E-state index is 10.3. The summed E-state index contributed by atoms with van der Waals surface area (Å²) in [6, 6.07) is 7.77. The van der Waals surface area contributed by atoms with Crippen LogP contribution in [-0.2, 0) is 14.2 Å². The normalized spacial score (nSPS) is 34.5. The third-order valence-corrected chi connectivity index (χ3v) is 4.93. The van der Waals surface area contributed by atoms with Crippen LogP contribution in [0, 0.1) is 0 Å². The SMILES string of the molecule is CC[C@@H]1OC2CO[C@@H](c3ccc(OC)cc3)OC2CCCC[C@H]1O. The van der Waals surface area contributed by atoms with Gasteiger partial charge in [0.15, 0.2) is 6.29 Å². The van der Waals surface area contributed by atoms with Crippen LogP contribution in [0.15, 0.2) is 24.3 Å². The summed E-state index contributed by atoms with van der Waals surface area (Å²) in [5.41, 5.74) is 0.987. The van der Waals surface area contributed by atoms with Crippen LogP contribution < -0.4 is 4.74 Å². The topological polar surface area (TPSA) is 57.2 Å². The Hall–Kier alpha value is -1.14. The molecule has 2 unspecified atom stereocenters. The maximum absolute atomic E-state index is 10.3. The lowest BCUT2D eigenvalue weighted by Gasteiger charge is -2.38. The van der Waals surface area contributed by atoms with E-state index in [1.165, 1.54) is 0 Å². The second-order valence-electron chi connectivity index (χ2n) is 6.59. The molecule has 1 aromatic rings. The van der Waals surface area contributed by atoms with Crippen LogP contribution in [0.25, 0.3) is 0 Å². The summed E-state index contributed by atoms with van der Waals surface area (Å²) in [5.74, 6) is 0.818. The molecule has 0 aromatic heterocycles. The molecule has 2 saturated heterocycles. The molecule has 5 atom stereocenters. The quantitative estimate of drug-likeness (QED) is 0.918. The van der Waals surface area contributed by atoms with Crippen molar-refractivity contribution in [2.24, 2.45) is 0 Å². The van der Waals surface area contributed by atoms with Crippen molar-refractivity contribution < 1.29 is 24.1 Å². The Labute approximate surface area is 143 Å². The van der Waals surface area contributed by atoms with E-state index in [1.807, 2.05) is 31.2 Å². The molecule has 0 aliphatic carbocycles. The minimum absolute atomic E-state index is 0.00482. The van der Waals surface area contributed by atoms with E-state index in [-0.39, 0.29) is 24.6 Å². The molecule has 134 valence electrons. The molecule has 5 heteroatoms. The summed E-state index contributed by atoms with van der Waals surface area (Å²) in [7, 11) is 1.65. The summed E-state index contributed by atoms with van der Waals surface area (Å²) in [6.45, 7) is 2.54. The molecule has 2 heterocycles. The molecule has 24 heavy (non-hydrogen) atoms. The Morgan fingerprint density at radius 2 is 1.83 bits per heavy atom. The Morgan fingerprint density at radius 3 is 2.54 bits per heavy atom. The van der Waals surface area contributed by atoms with Crippen LogP contribution >= 0.6 is 0 Å². The summed E-state index contributed by atoms with van der Waals surface area (Å²) >= 11 is 0. The van der Waals surface area contributed by atoms with Crippen molar-refractivity contribution >= 4 is 0 Å². The van der Waals surface area contributed by atoms with E-state index in [0.717, 1.165) is 43.4 Å². The molecule has 5 nitrogen and oxygen atoms in total. The van der Waals surface area contributed by atoms with Crippen molar-refractivity contribution in [3.05, 3.63) is 29.8 Å². The van der Waals surface area contributed by atoms with Crippen molar-refractivity contribution in [1.29, 1.82) is 0 Å². The minimum atomic E-state index is -0.395. The van der Waals surface area contributed by atoms with Gasteiger partial charge in [0, 0.05) is 5.56 Å². The van der Waals surface area contributed by atoms with Gasteiger partial charge in [0.05, 0.1) is 32.0 Å². The van der Waals surface area contributed by atoms with Gasteiger partial charge in [-0.05, 0) is 31.4 Å². The minimum Gasteiger partial charge on any atom is -0.497 e. The summed E-state index contributed by atoms with van der Waals surface area (Å²) in [6.07, 6.45) is 3.55. The molecule has 0 radical (unpaired) electrons. The van der Waals surface area contributed by atoms with Crippen LogP contribution in [0.1, 0.15) is 50.9 Å². The van der Waals surface area contributed by atoms with Gasteiger partial charge in [0.25, 0.3) is 0 Å². The predicted molar refractivity (Wildman–Crippen MR) is 90.0 cm³/mol. The van der Waals surface area contributed by atoms with E-state index >= 15 is 0 Å². The highest BCUT2D eigenvalue weighted by molar-refractivity contribution is 5.28. The zero-order chi connectivity index (χ0) is 16.9. The van der Waals surface area contributed by atoms with Gasteiger partial charge in [-0.2, -0.15) is 0 Å². The fourth-order valence-corrected chi connectivity index (χ4v) is 3.46. The number of rotatable bonds is 3. The van der Waals surface area contributed by atoms with Crippen molar-refractivity contribution in [2.45, 2.75) is 69.7 Å². The molecule has 0 spiro atoms. The standard InChI is InChI=1S/C19H28O5/c1-3-16-15(20)6-4-5-7-17-18(23-16)12-22-19(24-17)13-8-10-14(21-2)11-9-13/h8-11,15-20H,3-7,12H2,1-2H3/t15-,16+,17?,18?,19-/m1/s1. The predicted octanol–water partition coefficient (Wildman–Crippen LogP) is 3.21. The molecule has 0 bridgehead atoms. The van der Waals surface area contributed by atoms with Crippen molar-refractivity contribution in [3.63, 3.8) is 0 Å². The van der Waals surface area contributed by atoms with Crippen molar-refractivity contribution in [2.75, 3.05) is 13.7 Å². The fraction of sp³-hybridized carbons (Fsp3) is 0.684. The molecule has 2 fully saturated rings. The van der Waals surface area contributed by atoms with Gasteiger partial charge in [0.2, 0.25) is 0 Å². The van der Waals surface area contributed by atoms with Gasteiger partial charge >= 0.3 is 0 Å². The number of fused-ring (bicyclic) bond motifs is 1. The summed E-state index contributed by atoms with van der Waals surface area (Å²) in [5, 5.41) is 10.3. The molecule has 3 rings (SSSR count). The number of methoxy groups -OCH3 is 1. The summed E-state index contributed by atoms with van der Waals surface area (Å²) < 4.78 is 23.4. The van der Waals surface area contributed by atoms with Gasteiger partial charge in [-0.3, -0.25) is 0 Å². The van der Waals surface area contributed by atoms with Gasteiger partial charge < -0.3 is 24.1 Å². The number of aliphatic hydroxyl groups is 1. The molecule has 1 N–H and O–H groups in total. The molecular formula is C19H28O5. The third-order valence-electron chi connectivity index (χ3n) is 4.93. The van der Waals surface area contributed by atoms with Crippen LogP contribution in [0.2, 0.25) is 0 Å². The lowest BCUT2D eigenvalue weighted by atomic mass is 10.0. The van der Waals surface area contributed by atoms with Gasteiger partial charge in [-0.25, -0.2) is 0 Å². The zero-order valence-corrected chi connectivity index (χ0v) is 14.5. The smallest absolute Gasteiger partial charge is 0.184 e. The van der Waals surface area contributed by atoms with E-state index in [9.17, 15) is 5.11 Å². The van der Waals surface area contributed by atoms with E-state index in [0.29, 0.717) is 6.61 Å². The van der Waals surface area contributed by atoms with E-state index < -0.39 is 6.10 Å². The van der Waals surface area contributed by atoms with Gasteiger partial charge in [-0.15, -0.1) is 0 Å². The second kappa shape index (κ2) is 8.30. The first kappa shape index (κ1) is 17.7. The van der Waals surface area contributed by atoms with Crippen molar-refractivity contribution in [3.8, 4) is 5.75 Å². The van der Waals surface area contributed by atoms with E-state index in [2.05, 4.69) is 0 Å². The van der Waals surface area contributed by atoms with Gasteiger partial charge in [0.1, 0.15) is 11.9 Å². The zero-order valence-electron chi connectivity index (χ0n) is 14.5.